The third kappa shape index (κ3) is 11.8. The topological polar surface area (TPSA) is 157 Å². The molecule has 1 aromatic heterocycles. The molecule has 0 aliphatic carbocycles. The summed E-state index contributed by atoms with van der Waals surface area (Å²) in [7, 11) is -2.21. The fourth-order valence-electron chi connectivity index (χ4n) is 7.06. The van der Waals surface area contributed by atoms with Crippen LogP contribution in [0.3, 0.4) is 0 Å². The van der Waals surface area contributed by atoms with Crippen LogP contribution in [0.15, 0.2) is 108 Å². The third-order valence-electron chi connectivity index (χ3n) is 11.4. The number of aromatic nitrogens is 1. The molecule has 0 spiro atoms. The van der Waals surface area contributed by atoms with Crippen LogP contribution in [-0.4, -0.2) is 74.3 Å². The van der Waals surface area contributed by atoms with Gasteiger partial charge in [-0.25, -0.2) is 9.59 Å². The number of hydrogen-bond acceptors (Lipinski definition) is 8. The van der Waals surface area contributed by atoms with E-state index in [1.807, 2.05) is 78.9 Å². The number of carbonyl (C=O) groups is 2. The van der Waals surface area contributed by atoms with Crippen LogP contribution in [0.25, 0.3) is 22.0 Å². The number of pyridine rings is 1. The average Bonchev–Trinajstić information content (AvgIpc) is 3.21. The maximum absolute atomic E-state index is 12.8. The second-order valence-corrected chi connectivity index (χ2v) is 21.5. The third-order valence-corrected chi connectivity index (χ3v) is 15.9. The number of fused-ring (bicyclic) bond motifs is 1. The molecule has 1 saturated heterocycles. The minimum atomic E-state index is -2.21. The summed E-state index contributed by atoms with van der Waals surface area (Å²) in [4.78, 5) is 42.6. The Kier molecular flexibility index (Phi) is 14.3. The molecule has 4 aromatic carbocycles. The zero-order chi connectivity index (χ0) is 42.0. The van der Waals surface area contributed by atoms with E-state index in [2.05, 4.69) is 71.1 Å². The number of urea groups is 1. The molecule has 6 rings (SSSR count). The monoisotopic (exact) mass is 818 g/mol. The molecular weight excluding hydrogens is 761 g/mol. The molecule has 1 aliphatic rings. The molecule has 12 nitrogen and oxygen atoms in total. The number of amides is 3. The van der Waals surface area contributed by atoms with Gasteiger partial charge in [0.15, 0.2) is 8.32 Å². The fraction of sp³-hybridized carbons (Fsp3) is 0.370. The molecule has 59 heavy (non-hydrogen) atoms. The standard InChI is InChI=1S/C46H58N6O6Si/c1-46(2,3)59(4,5)58-41(37-18-20-40(53)43-38(37)19-21-42(54)51-43)31-47-29-32-12-11-13-33(28-32)30-49-44(55)48-24-27-52-25-22-35(23-26-52)57-45(56)50-39-17-10-9-16-36(39)34-14-7-6-8-15-34/h6-21,28,35,41,47,53H,22-27,29-31H2,1-5H3,(H,50,56)(H,51,54)(H2,48,49,55)/t41-/m1/s1. The fourth-order valence-corrected chi connectivity index (χ4v) is 8.34. The van der Waals surface area contributed by atoms with Crippen LogP contribution in [0.5, 0.6) is 5.75 Å². The normalized spacial score (nSPS) is 14.5. The predicted molar refractivity (Wildman–Crippen MR) is 237 cm³/mol. The van der Waals surface area contributed by atoms with Gasteiger partial charge in [-0.05, 0) is 71.4 Å². The minimum Gasteiger partial charge on any atom is -0.506 e. The maximum Gasteiger partial charge on any atom is 0.411 e. The van der Waals surface area contributed by atoms with Gasteiger partial charge in [0.25, 0.3) is 0 Å². The van der Waals surface area contributed by atoms with Crippen molar-refractivity contribution in [3.8, 4) is 16.9 Å². The van der Waals surface area contributed by atoms with Crippen molar-refractivity contribution in [2.75, 3.05) is 38.0 Å². The van der Waals surface area contributed by atoms with E-state index in [0.29, 0.717) is 43.9 Å². The van der Waals surface area contributed by atoms with Gasteiger partial charge in [0.05, 0.1) is 17.3 Å². The number of hydrogen-bond donors (Lipinski definition) is 6. The van der Waals surface area contributed by atoms with Crippen molar-refractivity contribution in [1.82, 2.24) is 25.8 Å². The number of para-hydroxylation sites is 1. The molecule has 0 saturated carbocycles. The number of aromatic hydroxyl groups is 1. The van der Waals surface area contributed by atoms with Gasteiger partial charge in [0.2, 0.25) is 5.56 Å². The number of benzene rings is 4. The number of carbonyl (C=O) groups excluding carboxylic acids is 2. The van der Waals surface area contributed by atoms with E-state index in [1.54, 1.807) is 12.1 Å². The number of nitrogens with one attached hydrogen (secondary N) is 5. The highest BCUT2D eigenvalue weighted by atomic mass is 28.4. The Balaban J connectivity index is 0.924. The SMILES string of the molecule is CC(C)(C)[Si](C)(C)O[C@H](CNCc1cccc(CNC(=O)NCCN2CCC(OC(=O)Nc3ccccc3-c3ccccc3)CC2)c1)c1ccc(O)c2[nH]c(=O)ccc12. The summed E-state index contributed by atoms with van der Waals surface area (Å²) in [5, 5.41) is 23.7. The molecule has 3 amide bonds. The van der Waals surface area contributed by atoms with Gasteiger partial charge < -0.3 is 40.1 Å². The number of anilines is 1. The Labute approximate surface area is 347 Å². The molecule has 0 bridgehead atoms. The van der Waals surface area contributed by atoms with Gasteiger partial charge in [-0.1, -0.05) is 99.6 Å². The van der Waals surface area contributed by atoms with E-state index < -0.39 is 14.4 Å². The number of likely N-dealkylation sites (tertiary alicyclic amines) is 1. The molecule has 1 fully saturated rings. The number of nitrogens with zero attached hydrogens (tertiary/aromatic N) is 1. The van der Waals surface area contributed by atoms with Crippen molar-refractivity contribution in [2.45, 2.75) is 77.0 Å². The summed E-state index contributed by atoms with van der Waals surface area (Å²) in [5.41, 5.74) is 5.75. The van der Waals surface area contributed by atoms with Gasteiger partial charge >= 0.3 is 12.1 Å². The van der Waals surface area contributed by atoms with E-state index in [1.165, 1.54) is 6.07 Å². The smallest absolute Gasteiger partial charge is 0.411 e. The van der Waals surface area contributed by atoms with Crippen LogP contribution in [0.4, 0.5) is 15.3 Å². The van der Waals surface area contributed by atoms with Gasteiger partial charge in [0.1, 0.15) is 11.9 Å². The predicted octanol–water partition coefficient (Wildman–Crippen LogP) is 8.27. The maximum atomic E-state index is 12.8. The molecule has 2 heterocycles. The summed E-state index contributed by atoms with van der Waals surface area (Å²) >= 11 is 0. The first-order valence-electron chi connectivity index (χ1n) is 20.4. The highest BCUT2D eigenvalue weighted by molar-refractivity contribution is 6.74. The van der Waals surface area contributed by atoms with Gasteiger partial charge in [0, 0.05) is 62.8 Å². The number of ether oxygens (including phenoxy) is 1. The number of phenolic OH excluding ortho intramolecular Hbond substituents is 1. The van der Waals surface area contributed by atoms with Crippen LogP contribution >= 0.6 is 0 Å². The first-order chi connectivity index (χ1) is 28.3. The molecule has 1 atom stereocenters. The number of phenols is 1. The zero-order valence-electron chi connectivity index (χ0n) is 34.8. The van der Waals surface area contributed by atoms with Gasteiger partial charge in [-0.3, -0.25) is 10.1 Å². The lowest BCUT2D eigenvalue weighted by atomic mass is 10.0. The van der Waals surface area contributed by atoms with Crippen LogP contribution in [0.2, 0.25) is 18.1 Å². The van der Waals surface area contributed by atoms with Crippen molar-refractivity contribution in [3.63, 3.8) is 0 Å². The first kappa shape index (κ1) is 43.1. The zero-order valence-corrected chi connectivity index (χ0v) is 35.8. The Morgan fingerprint density at radius 2 is 1.59 bits per heavy atom. The Morgan fingerprint density at radius 3 is 2.34 bits per heavy atom. The van der Waals surface area contributed by atoms with E-state index in [9.17, 15) is 19.5 Å². The second kappa shape index (κ2) is 19.5. The average molecular weight is 819 g/mol. The van der Waals surface area contributed by atoms with E-state index in [4.69, 9.17) is 9.16 Å². The van der Waals surface area contributed by atoms with Crippen molar-refractivity contribution in [3.05, 3.63) is 130 Å². The van der Waals surface area contributed by atoms with Crippen LogP contribution in [-0.2, 0) is 22.3 Å². The summed E-state index contributed by atoms with van der Waals surface area (Å²) in [5.74, 6) is 0.0205. The summed E-state index contributed by atoms with van der Waals surface area (Å²) in [6.07, 6.45) is 0.518. The van der Waals surface area contributed by atoms with E-state index >= 15 is 0 Å². The van der Waals surface area contributed by atoms with Crippen molar-refractivity contribution < 1.29 is 23.9 Å². The molecule has 13 heteroatoms. The molecule has 0 radical (unpaired) electrons. The van der Waals surface area contributed by atoms with Crippen LogP contribution in [0, 0.1) is 0 Å². The van der Waals surface area contributed by atoms with Gasteiger partial charge in [-0.2, -0.15) is 0 Å². The van der Waals surface area contributed by atoms with Gasteiger partial charge in [-0.15, -0.1) is 0 Å². The molecule has 1 aliphatic heterocycles. The first-order valence-corrected chi connectivity index (χ1v) is 23.3. The second-order valence-electron chi connectivity index (χ2n) is 16.7. The lowest BCUT2D eigenvalue weighted by Gasteiger charge is -2.39. The Hall–Kier alpha value is -5.47. The minimum absolute atomic E-state index is 0.0205. The summed E-state index contributed by atoms with van der Waals surface area (Å²) < 4.78 is 12.7. The Bertz CT molecular complexity index is 2250. The molecular formula is C46H58N6O6Si. The van der Waals surface area contributed by atoms with Crippen molar-refractivity contribution in [2.24, 2.45) is 0 Å². The highest BCUT2D eigenvalue weighted by Crippen LogP contribution is 2.41. The Morgan fingerprint density at radius 1 is 0.881 bits per heavy atom. The quantitative estimate of drug-likeness (QED) is 0.0577. The summed E-state index contributed by atoms with van der Waals surface area (Å²) in [6.45, 7) is 15.3. The van der Waals surface area contributed by atoms with Crippen LogP contribution in [0.1, 0.15) is 56.4 Å². The lowest BCUT2D eigenvalue weighted by molar-refractivity contribution is 0.0594. The highest BCUT2D eigenvalue weighted by Gasteiger charge is 2.39. The summed E-state index contributed by atoms with van der Waals surface area (Å²) in [6, 6.07) is 32.2. The van der Waals surface area contributed by atoms with E-state index in [0.717, 1.165) is 59.1 Å². The largest absolute Gasteiger partial charge is 0.506 e. The number of piperidine rings is 1. The molecule has 0 unspecified atom stereocenters. The van der Waals surface area contributed by atoms with Crippen molar-refractivity contribution >= 4 is 37.0 Å². The number of aromatic amines is 1. The van der Waals surface area contributed by atoms with Crippen molar-refractivity contribution in [1.29, 1.82) is 0 Å². The van der Waals surface area contributed by atoms with E-state index in [-0.39, 0.29) is 34.6 Å². The van der Waals surface area contributed by atoms with Crippen LogP contribution < -0.4 is 26.8 Å². The molecule has 5 aromatic rings. The number of rotatable bonds is 15. The number of H-pyrrole nitrogens is 1. The molecule has 312 valence electrons. The molecule has 6 N–H and O–H groups in total. The lowest BCUT2D eigenvalue weighted by Crippen LogP contribution is -2.44.